The minimum atomic E-state index is -1.53. The summed E-state index contributed by atoms with van der Waals surface area (Å²) in [6.07, 6.45) is -1.53. The molecule has 4 unspecified atom stereocenters. The molecule has 0 radical (unpaired) electrons. The molecule has 0 bridgehead atoms. The zero-order valence-corrected chi connectivity index (χ0v) is 9.58. The van der Waals surface area contributed by atoms with E-state index in [1.165, 1.54) is 6.92 Å². The van der Waals surface area contributed by atoms with Crippen molar-refractivity contribution in [3.05, 3.63) is 0 Å². The number of carbonyl (C=O) groups is 1. The van der Waals surface area contributed by atoms with Crippen LogP contribution in [0.5, 0.6) is 0 Å². The first kappa shape index (κ1) is 14.7. The molecule has 0 aromatic heterocycles. The number of carbonyl (C=O) groups excluding carboxylic acids is 1. The Morgan fingerprint density at radius 1 is 1.53 bits per heavy atom. The predicted octanol–water partition coefficient (Wildman–Crippen LogP) is -1.58. The molecule has 0 saturated carbocycles. The van der Waals surface area contributed by atoms with Gasteiger partial charge in [0, 0.05) is 12.7 Å². The number of aliphatic hydroxyl groups is 3. The number of hydroxylamine groups is 2. The molecule has 0 aliphatic rings. The highest BCUT2D eigenvalue weighted by Gasteiger charge is 2.22. The van der Waals surface area contributed by atoms with Crippen molar-refractivity contribution in [3.8, 4) is 0 Å². The van der Waals surface area contributed by atoms with Crippen molar-refractivity contribution >= 4 is 14.5 Å². The summed E-state index contributed by atoms with van der Waals surface area (Å²) in [6.45, 7) is 2.31. The zero-order chi connectivity index (χ0) is 12.0. The first-order valence-corrected chi connectivity index (χ1v) is 5.51. The van der Waals surface area contributed by atoms with E-state index in [9.17, 15) is 9.90 Å². The molecular formula is C7H17N2O5P. The van der Waals surface area contributed by atoms with Gasteiger partial charge in [0.15, 0.2) is 12.2 Å². The minimum Gasteiger partial charge on any atom is -0.392 e. The summed E-state index contributed by atoms with van der Waals surface area (Å²) in [5.41, 5.74) is 0. The van der Waals surface area contributed by atoms with Gasteiger partial charge in [-0.1, -0.05) is 0 Å². The number of hydrogen-bond acceptors (Lipinski definition) is 6. The molecule has 0 fully saturated rings. The Bertz CT molecular complexity index is 206. The van der Waals surface area contributed by atoms with Crippen LogP contribution in [-0.4, -0.2) is 56.1 Å². The van der Waals surface area contributed by atoms with Crippen LogP contribution in [0.2, 0.25) is 0 Å². The summed E-state index contributed by atoms with van der Waals surface area (Å²) in [7, 11) is -0.223. The highest BCUT2D eigenvalue weighted by atomic mass is 31.1. The Morgan fingerprint density at radius 3 is 2.47 bits per heavy atom. The Hall–Kier alpha value is -0.300. The Balaban J connectivity index is 4.00. The quantitative estimate of drug-likeness (QED) is 0.218. The normalized spacial score (nSPS) is 18.1. The van der Waals surface area contributed by atoms with Crippen molar-refractivity contribution < 1.29 is 25.3 Å². The van der Waals surface area contributed by atoms with Crippen LogP contribution in [0.3, 0.4) is 0 Å². The number of hydrogen-bond donors (Lipinski definition) is 5. The molecule has 5 N–H and O–H groups in total. The Labute approximate surface area is 89.4 Å². The molecule has 90 valence electrons. The molecule has 8 heteroatoms. The van der Waals surface area contributed by atoms with E-state index < -0.39 is 18.8 Å². The fourth-order valence-electron chi connectivity index (χ4n) is 0.893. The van der Waals surface area contributed by atoms with Gasteiger partial charge in [0.2, 0.25) is 5.91 Å². The topological polar surface area (TPSA) is 113 Å². The second-order valence-corrected chi connectivity index (χ2v) is 4.72. The van der Waals surface area contributed by atoms with E-state index in [4.69, 9.17) is 15.4 Å². The van der Waals surface area contributed by atoms with Gasteiger partial charge in [-0.15, -0.1) is 5.06 Å². The molecule has 1 amide bonds. The predicted molar refractivity (Wildman–Crippen MR) is 54.3 cm³/mol. The van der Waals surface area contributed by atoms with E-state index in [0.717, 1.165) is 0 Å². The lowest BCUT2D eigenvalue weighted by Gasteiger charge is -2.26. The van der Waals surface area contributed by atoms with Crippen LogP contribution in [0.4, 0.5) is 0 Å². The van der Waals surface area contributed by atoms with Crippen LogP contribution in [-0.2, 0) is 4.79 Å². The van der Waals surface area contributed by atoms with Crippen molar-refractivity contribution in [3.63, 3.8) is 0 Å². The Morgan fingerprint density at radius 2 is 2.07 bits per heavy atom. The number of nitrogens with one attached hydrogen (secondary N) is 1. The van der Waals surface area contributed by atoms with E-state index >= 15 is 0 Å². The summed E-state index contributed by atoms with van der Waals surface area (Å²) >= 11 is 0. The van der Waals surface area contributed by atoms with E-state index in [-0.39, 0.29) is 25.3 Å². The van der Waals surface area contributed by atoms with E-state index in [2.05, 4.69) is 5.32 Å². The van der Waals surface area contributed by atoms with Gasteiger partial charge < -0.3 is 25.8 Å². The third kappa shape index (κ3) is 5.99. The minimum absolute atomic E-state index is 0.223. The Kier molecular flexibility index (Phi) is 6.91. The second-order valence-electron chi connectivity index (χ2n) is 3.01. The third-order valence-electron chi connectivity index (χ3n) is 1.54. The van der Waals surface area contributed by atoms with Gasteiger partial charge in [-0.25, -0.2) is 0 Å². The van der Waals surface area contributed by atoms with Crippen molar-refractivity contribution in [2.45, 2.75) is 31.8 Å². The molecule has 0 spiro atoms. The van der Waals surface area contributed by atoms with Crippen LogP contribution in [0, 0.1) is 0 Å². The SMILES string of the molecule is CC(=O)NC(C)PC(O)N(O)C(O)CO. The van der Waals surface area contributed by atoms with E-state index in [0.29, 0.717) is 0 Å². The van der Waals surface area contributed by atoms with Crippen molar-refractivity contribution in [1.29, 1.82) is 0 Å². The summed E-state index contributed by atoms with van der Waals surface area (Å²) in [5, 5.41) is 38.7. The monoisotopic (exact) mass is 240 g/mol. The number of rotatable bonds is 6. The molecule has 0 aromatic carbocycles. The van der Waals surface area contributed by atoms with Gasteiger partial charge in [-0.05, 0) is 15.5 Å². The lowest BCUT2D eigenvalue weighted by atomic mass is 10.6. The molecule has 15 heavy (non-hydrogen) atoms. The summed E-state index contributed by atoms with van der Waals surface area (Å²) < 4.78 is 0. The van der Waals surface area contributed by atoms with E-state index in [1.54, 1.807) is 6.92 Å². The maximum Gasteiger partial charge on any atom is 0.217 e. The smallest absolute Gasteiger partial charge is 0.217 e. The number of aliphatic hydroxyl groups excluding tert-OH is 3. The largest absolute Gasteiger partial charge is 0.392 e. The zero-order valence-electron chi connectivity index (χ0n) is 8.58. The summed E-state index contributed by atoms with van der Waals surface area (Å²) in [6, 6.07) is 0. The summed E-state index contributed by atoms with van der Waals surface area (Å²) in [5.74, 6) is -1.89. The van der Waals surface area contributed by atoms with Gasteiger partial charge in [0.1, 0.15) is 0 Å². The first-order valence-electron chi connectivity index (χ1n) is 4.35. The van der Waals surface area contributed by atoms with Crippen molar-refractivity contribution in [1.82, 2.24) is 10.4 Å². The second kappa shape index (κ2) is 7.05. The molecule has 0 aliphatic heterocycles. The summed E-state index contributed by atoms with van der Waals surface area (Å²) in [4.78, 5) is 10.6. The molecular weight excluding hydrogens is 223 g/mol. The van der Waals surface area contributed by atoms with Crippen LogP contribution >= 0.6 is 8.58 Å². The first-order chi connectivity index (χ1) is 6.88. The average Bonchev–Trinajstić information content (AvgIpc) is 2.13. The fraction of sp³-hybridized carbons (Fsp3) is 0.857. The molecule has 0 rings (SSSR count). The average molecular weight is 240 g/mol. The van der Waals surface area contributed by atoms with Crippen molar-refractivity contribution in [2.24, 2.45) is 0 Å². The number of amides is 1. The van der Waals surface area contributed by atoms with Gasteiger partial charge in [0.25, 0.3) is 0 Å². The molecule has 0 aromatic rings. The van der Waals surface area contributed by atoms with Crippen LogP contribution in [0.25, 0.3) is 0 Å². The molecule has 0 heterocycles. The lowest BCUT2D eigenvalue weighted by Crippen LogP contribution is -2.42. The third-order valence-corrected chi connectivity index (χ3v) is 2.75. The molecule has 0 aliphatic carbocycles. The van der Waals surface area contributed by atoms with Crippen LogP contribution in [0.15, 0.2) is 0 Å². The highest BCUT2D eigenvalue weighted by Crippen LogP contribution is 2.24. The standard InChI is InChI=1S/C7H17N2O5P/c1-4(11)8-5(2)15-7(13)9(14)6(12)3-10/h5-7,10,12-15H,3H2,1-2H3,(H,8,11). The fourth-order valence-corrected chi connectivity index (χ4v) is 1.95. The van der Waals surface area contributed by atoms with Gasteiger partial charge >= 0.3 is 0 Å². The lowest BCUT2D eigenvalue weighted by molar-refractivity contribution is -0.251. The molecule has 4 atom stereocenters. The van der Waals surface area contributed by atoms with Crippen LogP contribution < -0.4 is 5.32 Å². The van der Waals surface area contributed by atoms with Gasteiger partial charge in [0.05, 0.1) is 6.61 Å². The maximum absolute atomic E-state index is 10.6. The maximum atomic E-state index is 10.6. The number of nitrogens with zero attached hydrogens (tertiary/aromatic N) is 1. The van der Waals surface area contributed by atoms with Gasteiger partial charge in [-0.3, -0.25) is 4.79 Å². The molecule has 7 nitrogen and oxygen atoms in total. The van der Waals surface area contributed by atoms with Gasteiger partial charge in [-0.2, -0.15) is 0 Å². The van der Waals surface area contributed by atoms with Crippen LogP contribution in [0.1, 0.15) is 13.8 Å². The highest BCUT2D eigenvalue weighted by molar-refractivity contribution is 7.39. The van der Waals surface area contributed by atoms with Crippen molar-refractivity contribution in [2.75, 3.05) is 6.61 Å². The molecule has 0 saturated heterocycles. The van der Waals surface area contributed by atoms with E-state index in [1.807, 2.05) is 0 Å².